The molecule has 1 aromatic heterocycles. The van der Waals surface area contributed by atoms with Crippen LogP contribution in [0.2, 0.25) is 0 Å². The fraction of sp³-hybridized carbons (Fsp3) is 0.125. The first-order valence-electron chi connectivity index (χ1n) is 6.12. The molecule has 0 bridgehead atoms. The van der Waals surface area contributed by atoms with Gasteiger partial charge in [-0.2, -0.15) is 0 Å². The number of aliphatic hydroxyl groups excluding tert-OH is 1. The summed E-state index contributed by atoms with van der Waals surface area (Å²) in [5.74, 6) is -0.251. The Balaban J connectivity index is 1.89. The lowest BCUT2D eigenvalue weighted by atomic mass is 10.0. The largest absolute Gasteiger partial charge is 0.388 e. The number of rotatable bonds is 3. The Bertz CT molecular complexity index is 687. The molecule has 3 aromatic rings. The molecule has 1 atom stereocenters. The van der Waals surface area contributed by atoms with Gasteiger partial charge in [0.2, 0.25) is 0 Å². The summed E-state index contributed by atoms with van der Waals surface area (Å²) in [5.41, 5.74) is 1.87. The van der Waals surface area contributed by atoms with E-state index in [1.807, 2.05) is 29.6 Å². The van der Waals surface area contributed by atoms with Crippen LogP contribution in [0.25, 0.3) is 10.1 Å². The van der Waals surface area contributed by atoms with E-state index in [2.05, 4.69) is 0 Å². The first-order valence-corrected chi connectivity index (χ1v) is 7.00. The molecular weight excluding hydrogens is 259 g/mol. The minimum absolute atomic E-state index is 0.251. The van der Waals surface area contributed by atoms with Gasteiger partial charge in [0, 0.05) is 11.1 Å². The highest BCUT2D eigenvalue weighted by Crippen LogP contribution is 2.30. The number of halogens is 1. The van der Waals surface area contributed by atoms with Crippen molar-refractivity contribution in [3.8, 4) is 0 Å². The molecule has 1 N–H and O–H groups in total. The van der Waals surface area contributed by atoms with E-state index in [4.69, 9.17) is 0 Å². The van der Waals surface area contributed by atoms with Gasteiger partial charge in [-0.1, -0.05) is 30.3 Å². The first kappa shape index (κ1) is 12.3. The number of thiophene rings is 1. The molecular formula is C16H13FOS. The molecule has 3 heteroatoms. The van der Waals surface area contributed by atoms with Crippen LogP contribution in [0.3, 0.4) is 0 Å². The molecule has 0 aliphatic heterocycles. The van der Waals surface area contributed by atoms with Crippen LogP contribution in [0.4, 0.5) is 4.39 Å². The van der Waals surface area contributed by atoms with Crippen LogP contribution in [-0.2, 0) is 6.42 Å². The van der Waals surface area contributed by atoms with E-state index in [9.17, 15) is 9.50 Å². The summed E-state index contributed by atoms with van der Waals surface area (Å²) in [5, 5.41) is 13.6. The van der Waals surface area contributed by atoms with Gasteiger partial charge < -0.3 is 5.11 Å². The Hall–Kier alpha value is -1.71. The Morgan fingerprint density at radius 1 is 1.05 bits per heavy atom. The van der Waals surface area contributed by atoms with Crippen molar-refractivity contribution < 1.29 is 9.50 Å². The Morgan fingerprint density at radius 2 is 1.84 bits per heavy atom. The van der Waals surface area contributed by atoms with Crippen molar-refractivity contribution in [2.45, 2.75) is 12.5 Å². The third-order valence-electron chi connectivity index (χ3n) is 3.21. The normalized spacial score (nSPS) is 12.7. The van der Waals surface area contributed by atoms with E-state index < -0.39 is 6.10 Å². The third-order valence-corrected chi connectivity index (χ3v) is 4.19. The van der Waals surface area contributed by atoms with Gasteiger partial charge >= 0.3 is 0 Å². The van der Waals surface area contributed by atoms with E-state index in [-0.39, 0.29) is 5.82 Å². The first-order chi connectivity index (χ1) is 9.24. The maximum absolute atomic E-state index is 12.9. The molecule has 1 nitrogen and oxygen atoms in total. The molecule has 19 heavy (non-hydrogen) atoms. The predicted molar refractivity (Wildman–Crippen MR) is 76.9 cm³/mol. The second-order valence-electron chi connectivity index (χ2n) is 4.53. The molecule has 1 unspecified atom stereocenters. The van der Waals surface area contributed by atoms with E-state index in [1.165, 1.54) is 12.1 Å². The Labute approximate surface area is 115 Å². The molecule has 0 saturated carbocycles. The van der Waals surface area contributed by atoms with Crippen molar-refractivity contribution in [2.24, 2.45) is 0 Å². The summed E-state index contributed by atoms with van der Waals surface area (Å²) >= 11 is 1.64. The Morgan fingerprint density at radius 3 is 2.63 bits per heavy atom. The predicted octanol–water partition coefficient (Wildman–Crippen LogP) is 4.32. The SMILES string of the molecule is OC(Cc1ccc(F)cc1)c1cccc2ccsc12. The number of fused-ring (bicyclic) bond motifs is 1. The zero-order valence-electron chi connectivity index (χ0n) is 10.2. The highest BCUT2D eigenvalue weighted by Gasteiger charge is 2.12. The standard InChI is InChI=1S/C16H13FOS/c17-13-6-4-11(5-7-13)10-15(18)14-3-1-2-12-8-9-19-16(12)14/h1-9,15,18H,10H2. The maximum atomic E-state index is 12.9. The number of hydrogen-bond acceptors (Lipinski definition) is 2. The van der Waals surface area contributed by atoms with Crippen molar-refractivity contribution in [1.82, 2.24) is 0 Å². The molecule has 1 heterocycles. The molecule has 0 aliphatic carbocycles. The zero-order valence-corrected chi connectivity index (χ0v) is 11.0. The minimum Gasteiger partial charge on any atom is -0.388 e. The average Bonchev–Trinajstić information content (AvgIpc) is 2.89. The second kappa shape index (κ2) is 5.11. The summed E-state index contributed by atoms with van der Waals surface area (Å²) < 4.78 is 14.0. The quantitative estimate of drug-likeness (QED) is 0.753. The molecule has 0 spiro atoms. The summed E-state index contributed by atoms with van der Waals surface area (Å²) in [6.07, 6.45) is -0.0649. The number of benzene rings is 2. The second-order valence-corrected chi connectivity index (χ2v) is 5.45. The minimum atomic E-state index is -0.562. The lowest BCUT2D eigenvalue weighted by molar-refractivity contribution is 0.180. The zero-order chi connectivity index (χ0) is 13.2. The molecule has 0 aliphatic rings. The van der Waals surface area contributed by atoms with Crippen LogP contribution in [0, 0.1) is 5.82 Å². The third kappa shape index (κ3) is 2.53. The molecule has 0 fully saturated rings. The number of hydrogen-bond donors (Lipinski definition) is 1. The van der Waals surface area contributed by atoms with Gasteiger partial charge in [-0.25, -0.2) is 4.39 Å². The monoisotopic (exact) mass is 272 g/mol. The van der Waals surface area contributed by atoms with Crippen LogP contribution in [0.1, 0.15) is 17.2 Å². The lowest BCUT2D eigenvalue weighted by Crippen LogP contribution is -2.01. The van der Waals surface area contributed by atoms with Crippen LogP contribution in [0.15, 0.2) is 53.9 Å². The molecule has 0 amide bonds. The van der Waals surface area contributed by atoms with Gasteiger partial charge in [-0.15, -0.1) is 11.3 Å². The van der Waals surface area contributed by atoms with Gasteiger partial charge in [0.25, 0.3) is 0 Å². The molecule has 96 valence electrons. The van der Waals surface area contributed by atoms with E-state index in [1.54, 1.807) is 23.5 Å². The Kier molecular flexibility index (Phi) is 3.32. The van der Waals surface area contributed by atoms with Crippen LogP contribution < -0.4 is 0 Å². The summed E-state index contributed by atoms with van der Waals surface area (Å²) in [6.45, 7) is 0. The number of aliphatic hydroxyl groups is 1. The molecule has 3 rings (SSSR count). The maximum Gasteiger partial charge on any atom is 0.123 e. The fourth-order valence-electron chi connectivity index (χ4n) is 2.23. The molecule has 0 radical (unpaired) electrons. The van der Waals surface area contributed by atoms with Crippen LogP contribution in [-0.4, -0.2) is 5.11 Å². The smallest absolute Gasteiger partial charge is 0.123 e. The van der Waals surface area contributed by atoms with Crippen molar-refractivity contribution in [3.05, 3.63) is 70.9 Å². The van der Waals surface area contributed by atoms with Gasteiger partial charge in [0.1, 0.15) is 5.82 Å². The van der Waals surface area contributed by atoms with E-state index in [0.29, 0.717) is 6.42 Å². The van der Waals surface area contributed by atoms with Gasteiger partial charge in [-0.05, 0) is 40.1 Å². The topological polar surface area (TPSA) is 20.2 Å². The fourth-order valence-corrected chi connectivity index (χ4v) is 3.20. The van der Waals surface area contributed by atoms with Crippen molar-refractivity contribution >= 4 is 21.4 Å². The van der Waals surface area contributed by atoms with Gasteiger partial charge in [0.05, 0.1) is 6.10 Å². The average molecular weight is 272 g/mol. The highest BCUT2D eigenvalue weighted by molar-refractivity contribution is 7.17. The van der Waals surface area contributed by atoms with Crippen molar-refractivity contribution in [3.63, 3.8) is 0 Å². The van der Waals surface area contributed by atoms with E-state index >= 15 is 0 Å². The molecule has 0 saturated heterocycles. The summed E-state index contributed by atoms with van der Waals surface area (Å²) in [4.78, 5) is 0. The van der Waals surface area contributed by atoms with Gasteiger partial charge in [0.15, 0.2) is 0 Å². The van der Waals surface area contributed by atoms with Crippen molar-refractivity contribution in [1.29, 1.82) is 0 Å². The van der Waals surface area contributed by atoms with Crippen molar-refractivity contribution in [2.75, 3.05) is 0 Å². The highest BCUT2D eigenvalue weighted by atomic mass is 32.1. The van der Waals surface area contributed by atoms with E-state index in [0.717, 1.165) is 21.2 Å². The van der Waals surface area contributed by atoms with Crippen LogP contribution in [0.5, 0.6) is 0 Å². The van der Waals surface area contributed by atoms with Gasteiger partial charge in [-0.3, -0.25) is 0 Å². The molecule has 2 aromatic carbocycles. The van der Waals surface area contributed by atoms with Crippen LogP contribution >= 0.6 is 11.3 Å². The lowest BCUT2D eigenvalue weighted by Gasteiger charge is -2.12. The summed E-state index contributed by atoms with van der Waals surface area (Å²) in [7, 11) is 0. The summed E-state index contributed by atoms with van der Waals surface area (Å²) in [6, 6.07) is 14.3.